The molecule has 0 aromatic rings. The summed E-state index contributed by atoms with van der Waals surface area (Å²) in [7, 11) is -3.72. The monoisotopic (exact) mass is 303 g/mol. The molecule has 0 radical (unpaired) electrons. The van der Waals surface area contributed by atoms with E-state index in [-0.39, 0.29) is 29.6 Å². The number of hydrogen-bond donors (Lipinski definition) is 1. The van der Waals surface area contributed by atoms with Gasteiger partial charge < -0.3 is 5.73 Å². The molecule has 2 aliphatic rings. The molecule has 2 fully saturated rings. The molecular weight excluding hydrogens is 278 g/mol. The van der Waals surface area contributed by atoms with Crippen LogP contribution in [-0.2, 0) is 19.1 Å². The largest absolute Gasteiger partial charge is 0.326 e. The molecule has 0 amide bonds. The highest BCUT2D eigenvalue weighted by atomic mass is 32.2. The summed E-state index contributed by atoms with van der Waals surface area (Å²) in [4.78, 5) is 12.3. The summed E-state index contributed by atoms with van der Waals surface area (Å²) in [6.07, 6.45) is 2.76. The fourth-order valence-corrected chi connectivity index (χ4v) is 5.51. The number of nitrogens with two attached hydrogens (primary N) is 1. The predicted molar refractivity (Wildman–Crippen MR) is 76.6 cm³/mol. The Bertz CT molecular complexity index is 499. The first-order chi connectivity index (χ1) is 9.14. The summed E-state index contributed by atoms with van der Waals surface area (Å²) in [6.45, 7) is 5.91. The smallest absolute Gasteiger partial charge is 0.268 e. The Balaban J connectivity index is 2.14. The Kier molecular flexibility index (Phi) is 4.04. The lowest BCUT2D eigenvalue weighted by Crippen LogP contribution is -2.43. The molecule has 5 nitrogen and oxygen atoms in total. The van der Waals surface area contributed by atoms with Gasteiger partial charge in [-0.2, -0.15) is 8.42 Å². The highest BCUT2D eigenvalue weighted by molar-refractivity contribution is 7.86. The molecule has 2 saturated carbocycles. The molecule has 2 rings (SSSR count). The van der Waals surface area contributed by atoms with Crippen LogP contribution in [0.1, 0.15) is 46.5 Å². The molecular formula is C14H25NO4S. The molecule has 2 N–H and O–H groups in total. The van der Waals surface area contributed by atoms with E-state index in [0.717, 1.165) is 6.42 Å². The first-order valence-corrected chi connectivity index (χ1v) is 8.88. The summed E-state index contributed by atoms with van der Waals surface area (Å²) >= 11 is 0. The fourth-order valence-electron chi connectivity index (χ4n) is 3.76. The van der Waals surface area contributed by atoms with Crippen LogP contribution in [0.5, 0.6) is 0 Å². The molecule has 0 spiro atoms. The van der Waals surface area contributed by atoms with Crippen LogP contribution < -0.4 is 5.73 Å². The van der Waals surface area contributed by atoms with E-state index in [0.29, 0.717) is 25.2 Å². The van der Waals surface area contributed by atoms with Crippen LogP contribution in [0, 0.1) is 16.7 Å². The highest BCUT2D eigenvalue weighted by Crippen LogP contribution is 2.64. The first-order valence-electron chi connectivity index (χ1n) is 7.30. The lowest BCUT2D eigenvalue weighted by Gasteiger charge is -2.35. The van der Waals surface area contributed by atoms with Crippen molar-refractivity contribution in [2.75, 3.05) is 12.4 Å². The highest BCUT2D eigenvalue weighted by Gasteiger charge is 2.65. The third kappa shape index (κ3) is 2.42. The zero-order valence-electron chi connectivity index (χ0n) is 12.5. The average Bonchev–Trinajstić information content (AvgIpc) is 2.69. The minimum Gasteiger partial charge on any atom is -0.326 e. The topological polar surface area (TPSA) is 86.5 Å². The second-order valence-corrected chi connectivity index (χ2v) is 8.46. The second kappa shape index (κ2) is 5.07. The fraction of sp³-hybridized carbons (Fsp3) is 0.929. The van der Waals surface area contributed by atoms with Gasteiger partial charge in [0.25, 0.3) is 10.1 Å². The number of rotatable bonds is 6. The zero-order valence-corrected chi connectivity index (χ0v) is 13.3. The number of carbonyl (C=O) groups is 1. The van der Waals surface area contributed by atoms with Crippen molar-refractivity contribution >= 4 is 15.9 Å². The van der Waals surface area contributed by atoms with E-state index in [2.05, 4.69) is 0 Å². The van der Waals surface area contributed by atoms with Crippen LogP contribution in [0.15, 0.2) is 0 Å². The number of carbonyl (C=O) groups excluding carboxylic acids is 1. The van der Waals surface area contributed by atoms with Crippen molar-refractivity contribution in [1.82, 2.24) is 0 Å². The molecule has 0 heterocycles. The Morgan fingerprint density at radius 1 is 1.45 bits per heavy atom. The van der Waals surface area contributed by atoms with E-state index in [1.807, 2.05) is 20.8 Å². The molecule has 0 saturated heterocycles. The standard InChI is InChI=1S/C14H25NO4S/c1-4-11(15)8-19-20(17,18)9-14-6-5-10(7-12(14)16)13(14,2)3/h10-11H,4-9,15H2,1-3H3/t10?,11-,14?/m1/s1. The van der Waals surface area contributed by atoms with Gasteiger partial charge in [0, 0.05) is 12.5 Å². The van der Waals surface area contributed by atoms with Gasteiger partial charge >= 0.3 is 0 Å². The lowest BCUT2D eigenvalue weighted by molar-refractivity contribution is -0.128. The summed E-state index contributed by atoms with van der Waals surface area (Å²) in [6, 6.07) is -0.286. The van der Waals surface area contributed by atoms with Gasteiger partial charge in [-0.3, -0.25) is 8.98 Å². The number of hydrogen-bond acceptors (Lipinski definition) is 5. The van der Waals surface area contributed by atoms with Gasteiger partial charge in [-0.25, -0.2) is 0 Å². The SMILES string of the molecule is CC[C@@H](N)COS(=O)(=O)CC12CCC(CC1=O)C2(C)C. The van der Waals surface area contributed by atoms with Gasteiger partial charge in [0.2, 0.25) is 0 Å². The third-order valence-corrected chi connectivity index (χ3v) is 6.89. The molecule has 116 valence electrons. The zero-order chi connectivity index (χ0) is 15.2. The quantitative estimate of drug-likeness (QED) is 0.751. The number of ketones is 1. The maximum absolute atomic E-state index is 12.3. The van der Waals surface area contributed by atoms with Crippen LogP contribution in [0.2, 0.25) is 0 Å². The van der Waals surface area contributed by atoms with Crippen molar-refractivity contribution in [2.45, 2.75) is 52.5 Å². The van der Waals surface area contributed by atoms with E-state index < -0.39 is 15.5 Å². The van der Waals surface area contributed by atoms with Gasteiger partial charge in [0.15, 0.2) is 0 Å². The first kappa shape index (κ1) is 15.9. The van der Waals surface area contributed by atoms with Crippen LogP contribution in [0.25, 0.3) is 0 Å². The van der Waals surface area contributed by atoms with Crippen molar-refractivity contribution in [1.29, 1.82) is 0 Å². The molecule has 2 aliphatic carbocycles. The lowest BCUT2D eigenvalue weighted by atomic mass is 9.70. The maximum atomic E-state index is 12.3. The molecule has 0 aromatic heterocycles. The Labute approximate surface area is 121 Å². The van der Waals surface area contributed by atoms with E-state index in [1.165, 1.54) is 0 Å². The van der Waals surface area contributed by atoms with Crippen molar-refractivity contribution in [3.63, 3.8) is 0 Å². The van der Waals surface area contributed by atoms with Gasteiger partial charge in [-0.1, -0.05) is 20.8 Å². The van der Waals surface area contributed by atoms with E-state index in [9.17, 15) is 13.2 Å². The number of Topliss-reactive ketones (excluding diaryl/α,β-unsaturated/α-hetero) is 1. The van der Waals surface area contributed by atoms with Gasteiger partial charge in [0.1, 0.15) is 5.78 Å². The van der Waals surface area contributed by atoms with E-state index in [4.69, 9.17) is 9.92 Å². The maximum Gasteiger partial charge on any atom is 0.268 e. The van der Waals surface area contributed by atoms with Crippen LogP contribution in [-0.4, -0.2) is 32.6 Å². The van der Waals surface area contributed by atoms with Gasteiger partial charge in [0.05, 0.1) is 17.8 Å². The van der Waals surface area contributed by atoms with Crippen molar-refractivity contribution in [2.24, 2.45) is 22.5 Å². The number of fused-ring (bicyclic) bond motifs is 2. The van der Waals surface area contributed by atoms with E-state index >= 15 is 0 Å². The average molecular weight is 303 g/mol. The summed E-state index contributed by atoms with van der Waals surface area (Å²) in [5.41, 5.74) is 4.67. The summed E-state index contributed by atoms with van der Waals surface area (Å²) in [5.74, 6) is 0.201. The van der Waals surface area contributed by atoms with E-state index in [1.54, 1.807) is 0 Å². The second-order valence-electron chi connectivity index (χ2n) is 6.82. The van der Waals surface area contributed by atoms with Crippen LogP contribution in [0.4, 0.5) is 0 Å². The summed E-state index contributed by atoms with van der Waals surface area (Å²) in [5, 5.41) is 0. The molecule has 6 heteroatoms. The Morgan fingerprint density at radius 2 is 2.10 bits per heavy atom. The van der Waals surface area contributed by atoms with Crippen molar-refractivity contribution in [3.8, 4) is 0 Å². The molecule has 3 atom stereocenters. The molecule has 20 heavy (non-hydrogen) atoms. The molecule has 0 aliphatic heterocycles. The van der Waals surface area contributed by atoms with Crippen molar-refractivity contribution in [3.05, 3.63) is 0 Å². The normalized spacial score (nSPS) is 33.6. The molecule has 2 bridgehead atoms. The summed E-state index contributed by atoms with van der Waals surface area (Å²) < 4.78 is 29.4. The van der Waals surface area contributed by atoms with Crippen LogP contribution >= 0.6 is 0 Å². The molecule has 0 aromatic carbocycles. The minimum absolute atomic E-state index is 0.00698. The Hall–Kier alpha value is -0.460. The Morgan fingerprint density at radius 3 is 2.55 bits per heavy atom. The third-order valence-electron chi connectivity index (χ3n) is 5.55. The van der Waals surface area contributed by atoms with Crippen molar-refractivity contribution < 1.29 is 17.4 Å². The molecule has 2 unspecified atom stereocenters. The minimum atomic E-state index is -3.72. The van der Waals surface area contributed by atoms with Gasteiger partial charge in [-0.15, -0.1) is 0 Å². The predicted octanol–water partition coefficient (Wildman–Crippen LogP) is 1.47. The van der Waals surface area contributed by atoms with Gasteiger partial charge in [-0.05, 0) is 30.6 Å². The van der Waals surface area contributed by atoms with Crippen LogP contribution in [0.3, 0.4) is 0 Å².